The smallest absolute Gasteiger partial charge is 0.159 e. The molecular weight excluding hydrogens is 244 g/mol. The van der Waals surface area contributed by atoms with Gasteiger partial charge in [-0.2, -0.15) is 0 Å². The van der Waals surface area contributed by atoms with Crippen LogP contribution in [0.1, 0.15) is 25.0 Å². The van der Waals surface area contributed by atoms with E-state index >= 15 is 0 Å². The van der Waals surface area contributed by atoms with E-state index in [-0.39, 0.29) is 0 Å². The molecule has 0 saturated heterocycles. The van der Waals surface area contributed by atoms with Crippen molar-refractivity contribution in [3.8, 4) is 0 Å². The van der Waals surface area contributed by atoms with Crippen LogP contribution in [-0.2, 0) is 0 Å². The Morgan fingerprint density at radius 3 is 1.75 bits per heavy atom. The van der Waals surface area contributed by atoms with Crippen molar-refractivity contribution >= 4 is 17.2 Å². The van der Waals surface area contributed by atoms with Gasteiger partial charge in [0.25, 0.3) is 0 Å². The Bertz CT molecular complexity index is 634. The van der Waals surface area contributed by atoms with E-state index in [2.05, 4.69) is 16.6 Å². The minimum atomic E-state index is 0.694. The van der Waals surface area contributed by atoms with E-state index in [1.54, 1.807) is 0 Å². The van der Waals surface area contributed by atoms with Gasteiger partial charge in [-0.3, -0.25) is 0 Å². The van der Waals surface area contributed by atoms with E-state index in [0.29, 0.717) is 5.84 Å². The van der Waals surface area contributed by atoms with Crippen molar-refractivity contribution in [2.24, 2.45) is 9.98 Å². The molecule has 0 amide bonds. The molecule has 2 heteroatoms. The molecule has 0 atom stereocenters. The summed E-state index contributed by atoms with van der Waals surface area (Å²) in [5.41, 5.74) is 3.68. The summed E-state index contributed by atoms with van der Waals surface area (Å²) in [5, 5.41) is 0. The maximum atomic E-state index is 4.59. The Morgan fingerprint density at radius 1 is 0.750 bits per heavy atom. The lowest BCUT2D eigenvalue weighted by atomic mass is 10.1. The number of rotatable bonds is 3. The maximum absolute atomic E-state index is 4.59. The molecule has 0 spiro atoms. The van der Waals surface area contributed by atoms with Crippen LogP contribution in [0.4, 0.5) is 0 Å². The molecule has 0 saturated carbocycles. The van der Waals surface area contributed by atoms with Gasteiger partial charge in [-0.1, -0.05) is 67.2 Å². The second kappa shape index (κ2) is 6.62. The number of amidine groups is 1. The van der Waals surface area contributed by atoms with E-state index in [9.17, 15) is 0 Å². The van der Waals surface area contributed by atoms with Crippen molar-refractivity contribution in [2.75, 3.05) is 0 Å². The molecule has 0 aliphatic rings. The molecule has 0 N–H and O–H groups in total. The van der Waals surface area contributed by atoms with Crippen LogP contribution in [-0.4, -0.2) is 11.5 Å². The third kappa shape index (κ3) is 3.75. The van der Waals surface area contributed by atoms with Crippen LogP contribution in [0.15, 0.2) is 77.2 Å². The molecule has 0 aromatic heterocycles. The van der Waals surface area contributed by atoms with Crippen LogP contribution in [0.5, 0.6) is 0 Å². The molecule has 0 unspecified atom stereocenters. The molecule has 100 valence electrons. The first-order valence-corrected chi connectivity index (χ1v) is 6.57. The summed E-state index contributed by atoms with van der Waals surface area (Å²) in [6, 6.07) is 19.9. The van der Waals surface area contributed by atoms with Gasteiger partial charge in [0.15, 0.2) is 5.84 Å². The number of hydrogen-bond acceptors (Lipinski definition) is 1. The topological polar surface area (TPSA) is 24.7 Å². The minimum absolute atomic E-state index is 0.694. The van der Waals surface area contributed by atoms with Crippen molar-refractivity contribution < 1.29 is 0 Å². The molecule has 20 heavy (non-hydrogen) atoms. The Morgan fingerprint density at radius 2 is 1.25 bits per heavy atom. The maximum Gasteiger partial charge on any atom is 0.159 e. The molecule has 0 heterocycles. The highest BCUT2D eigenvalue weighted by atomic mass is 14.9. The zero-order chi connectivity index (χ0) is 14.4. The van der Waals surface area contributed by atoms with Crippen LogP contribution in [0.3, 0.4) is 0 Å². The summed E-state index contributed by atoms with van der Waals surface area (Å²) in [6.45, 7) is 7.96. The molecule has 0 bridgehead atoms. The van der Waals surface area contributed by atoms with E-state index in [4.69, 9.17) is 0 Å². The van der Waals surface area contributed by atoms with Gasteiger partial charge in [-0.05, 0) is 19.4 Å². The second-order valence-corrected chi connectivity index (χ2v) is 4.67. The quantitative estimate of drug-likeness (QED) is 0.571. The predicted octanol–water partition coefficient (Wildman–Crippen LogP) is 4.58. The summed E-state index contributed by atoms with van der Waals surface area (Å²) < 4.78 is 0. The van der Waals surface area contributed by atoms with Crippen molar-refractivity contribution in [1.29, 1.82) is 0 Å². The second-order valence-electron chi connectivity index (χ2n) is 4.67. The monoisotopic (exact) mass is 262 g/mol. The van der Waals surface area contributed by atoms with Crippen LogP contribution < -0.4 is 0 Å². The summed E-state index contributed by atoms with van der Waals surface area (Å²) in [6.07, 6.45) is 0. The van der Waals surface area contributed by atoms with Gasteiger partial charge in [0.05, 0.1) is 5.70 Å². The van der Waals surface area contributed by atoms with Gasteiger partial charge in [-0.15, -0.1) is 0 Å². The first-order chi connectivity index (χ1) is 9.66. The van der Waals surface area contributed by atoms with Crippen molar-refractivity contribution in [2.45, 2.75) is 13.8 Å². The first kappa shape index (κ1) is 13.9. The molecule has 0 aliphatic heterocycles. The highest BCUT2D eigenvalue weighted by Crippen LogP contribution is 2.15. The van der Waals surface area contributed by atoms with Crippen molar-refractivity contribution in [3.63, 3.8) is 0 Å². The number of benzene rings is 2. The Balaban J connectivity index is 2.40. The van der Waals surface area contributed by atoms with Crippen molar-refractivity contribution in [3.05, 3.63) is 78.4 Å². The lowest BCUT2D eigenvalue weighted by Crippen LogP contribution is -2.00. The fourth-order valence-electron chi connectivity index (χ4n) is 1.78. The van der Waals surface area contributed by atoms with E-state index < -0.39 is 0 Å². The van der Waals surface area contributed by atoms with Crippen LogP contribution in [0.25, 0.3) is 5.70 Å². The summed E-state index contributed by atoms with van der Waals surface area (Å²) in [5.74, 6) is 0.694. The van der Waals surface area contributed by atoms with Gasteiger partial charge in [0, 0.05) is 11.3 Å². The minimum Gasteiger partial charge on any atom is -0.238 e. The molecule has 2 aromatic rings. The molecular formula is C18H18N2. The first-order valence-electron chi connectivity index (χ1n) is 6.57. The Kier molecular flexibility index (Phi) is 4.61. The molecule has 0 radical (unpaired) electrons. The lowest BCUT2D eigenvalue weighted by molar-refractivity contribution is 1.44. The van der Waals surface area contributed by atoms with Crippen LogP contribution >= 0.6 is 0 Å². The summed E-state index contributed by atoms with van der Waals surface area (Å²) in [4.78, 5) is 9.11. The number of hydrogen-bond donors (Lipinski definition) is 0. The molecule has 0 aliphatic carbocycles. The SMILES string of the molecule is C=C(N=C(N=C(C)C)c1ccccc1)c1ccccc1. The zero-order valence-corrected chi connectivity index (χ0v) is 11.9. The predicted molar refractivity (Wildman–Crippen MR) is 87.2 cm³/mol. The van der Waals surface area contributed by atoms with Gasteiger partial charge in [0.1, 0.15) is 0 Å². The Labute approximate surface area is 120 Å². The molecule has 2 rings (SSSR count). The van der Waals surface area contributed by atoms with Crippen molar-refractivity contribution in [1.82, 2.24) is 0 Å². The highest BCUT2D eigenvalue weighted by molar-refractivity contribution is 6.07. The number of aliphatic imine (C=N–C) groups is 2. The van der Waals surface area contributed by atoms with E-state index in [1.165, 1.54) is 0 Å². The van der Waals surface area contributed by atoms with Crippen LogP contribution in [0, 0.1) is 0 Å². The third-order valence-corrected chi connectivity index (χ3v) is 2.71. The normalized spacial score (nSPS) is 11.0. The fraction of sp³-hybridized carbons (Fsp3) is 0.111. The third-order valence-electron chi connectivity index (χ3n) is 2.71. The summed E-state index contributed by atoms with van der Waals surface area (Å²) >= 11 is 0. The average molecular weight is 262 g/mol. The van der Waals surface area contributed by atoms with Gasteiger partial charge >= 0.3 is 0 Å². The Hall–Kier alpha value is -2.48. The lowest BCUT2D eigenvalue weighted by Gasteiger charge is -2.05. The van der Waals surface area contributed by atoms with Gasteiger partial charge in [-0.25, -0.2) is 9.98 Å². The highest BCUT2D eigenvalue weighted by Gasteiger charge is 2.03. The van der Waals surface area contributed by atoms with Crippen LogP contribution in [0.2, 0.25) is 0 Å². The summed E-state index contributed by atoms with van der Waals surface area (Å²) in [7, 11) is 0. The zero-order valence-electron chi connectivity index (χ0n) is 11.9. The molecule has 2 aromatic carbocycles. The standard InChI is InChI=1S/C18H18N2/c1-14(2)19-18(17-12-8-5-9-13-17)20-15(3)16-10-6-4-7-11-16/h4-13H,3H2,1-2H3. The number of nitrogens with zero attached hydrogens (tertiary/aromatic N) is 2. The fourth-order valence-corrected chi connectivity index (χ4v) is 1.78. The molecule has 2 nitrogen and oxygen atoms in total. The van der Waals surface area contributed by atoms with Gasteiger partial charge in [0.2, 0.25) is 0 Å². The van der Waals surface area contributed by atoms with E-state index in [1.807, 2.05) is 74.5 Å². The van der Waals surface area contributed by atoms with E-state index in [0.717, 1.165) is 22.5 Å². The average Bonchev–Trinajstić information content (AvgIpc) is 2.48. The van der Waals surface area contributed by atoms with Gasteiger partial charge < -0.3 is 0 Å². The molecule has 0 fully saturated rings. The largest absolute Gasteiger partial charge is 0.238 e.